The van der Waals surface area contributed by atoms with Crippen LogP contribution >= 0.6 is 15.9 Å². The van der Waals surface area contributed by atoms with Crippen LogP contribution in [-0.2, 0) is 16.0 Å². The molecule has 0 aliphatic heterocycles. The molecule has 1 amide bonds. The zero-order chi connectivity index (χ0) is 15.8. The van der Waals surface area contributed by atoms with Crippen molar-refractivity contribution in [2.75, 3.05) is 0 Å². The fraction of sp³-hybridized carbons (Fsp3) is 0.357. The topological polar surface area (TPSA) is 87.2 Å². The molecule has 112 valence electrons. The highest BCUT2D eigenvalue weighted by Crippen LogP contribution is 2.27. The highest BCUT2D eigenvalue weighted by molar-refractivity contribution is 9.10. The summed E-state index contributed by atoms with van der Waals surface area (Å²) in [5, 5.41) is 0.770. The third kappa shape index (κ3) is 3.60. The first-order chi connectivity index (χ1) is 9.67. The summed E-state index contributed by atoms with van der Waals surface area (Å²) in [6.07, 6.45) is 2.72. The lowest BCUT2D eigenvalue weighted by atomic mass is 10.2. The van der Waals surface area contributed by atoms with Crippen molar-refractivity contribution in [3.63, 3.8) is 0 Å². The van der Waals surface area contributed by atoms with Crippen LogP contribution in [0.5, 0.6) is 0 Å². The standard InChI is InChI=1S/C14H16BrN3O3/c1-14(2,3)21-13(20)18-7-10(15)9-4-8(5-12(16)19)17-6-11(9)18/h4,6-7H,5H2,1-3H3,(H2,16,19). The van der Waals surface area contributed by atoms with Crippen molar-refractivity contribution in [2.45, 2.75) is 32.8 Å². The molecule has 0 saturated heterocycles. The number of carbonyl (C=O) groups is 2. The average molecular weight is 354 g/mol. The Kier molecular flexibility index (Phi) is 4.04. The predicted molar refractivity (Wildman–Crippen MR) is 82.0 cm³/mol. The van der Waals surface area contributed by atoms with Crippen molar-refractivity contribution in [2.24, 2.45) is 5.73 Å². The van der Waals surface area contributed by atoms with Crippen molar-refractivity contribution >= 4 is 38.8 Å². The van der Waals surface area contributed by atoms with E-state index in [1.165, 1.54) is 10.8 Å². The monoisotopic (exact) mass is 353 g/mol. The normalized spacial score (nSPS) is 11.6. The third-order valence-electron chi connectivity index (χ3n) is 2.64. The molecule has 0 bridgehead atoms. The van der Waals surface area contributed by atoms with Gasteiger partial charge in [0.15, 0.2) is 0 Å². The average Bonchev–Trinajstić information content (AvgIpc) is 2.64. The Hall–Kier alpha value is -1.89. The van der Waals surface area contributed by atoms with E-state index in [1.807, 2.05) is 0 Å². The number of nitrogens with zero attached hydrogens (tertiary/aromatic N) is 2. The molecule has 2 N–H and O–H groups in total. The number of carbonyl (C=O) groups excluding carboxylic acids is 2. The molecule has 21 heavy (non-hydrogen) atoms. The van der Waals surface area contributed by atoms with E-state index < -0.39 is 17.6 Å². The van der Waals surface area contributed by atoms with Gasteiger partial charge in [0.05, 0.1) is 23.8 Å². The molecule has 0 saturated carbocycles. The molecule has 7 heteroatoms. The number of nitrogens with two attached hydrogens (primary N) is 1. The molecule has 2 rings (SSSR count). The van der Waals surface area contributed by atoms with E-state index in [9.17, 15) is 9.59 Å². The molecule has 6 nitrogen and oxygen atoms in total. The van der Waals surface area contributed by atoms with Crippen molar-refractivity contribution in [1.82, 2.24) is 9.55 Å². The summed E-state index contributed by atoms with van der Waals surface area (Å²) >= 11 is 3.39. The van der Waals surface area contributed by atoms with Gasteiger partial charge < -0.3 is 10.5 Å². The number of rotatable bonds is 2. The minimum atomic E-state index is -0.584. The first-order valence-corrected chi connectivity index (χ1v) is 7.14. The van der Waals surface area contributed by atoms with E-state index in [0.29, 0.717) is 11.2 Å². The van der Waals surface area contributed by atoms with E-state index >= 15 is 0 Å². The van der Waals surface area contributed by atoms with Crippen molar-refractivity contribution in [1.29, 1.82) is 0 Å². The predicted octanol–water partition coefficient (Wildman–Crippen LogP) is 2.61. The Labute approximate surface area is 130 Å². The summed E-state index contributed by atoms with van der Waals surface area (Å²) < 4.78 is 7.44. The smallest absolute Gasteiger partial charge is 0.419 e. The summed E-state index contributed by atoms with van der Waals surface area (Å²) in [7, 11) is 0. The van der Waals surface area contributed by atoms with Gasteiger partial charge in [0.1, 0.15) is 5.60 Å². The van der Waals surface area contributed by atoms with Crippen LogP contribution in [0.15, 0.2) is 22.9 Å². The Morgan fingerprint density at radius 2 is 2.10 bits per heavy atom. The molecule has 0 aromatic carbocycles. The Balaban J connectivity index is 2.43. The van der Waals surface area contributed by atoms with Gasteiger partial charge in [-0.3, -0.25) is 9.78 Å². The molecule has 0 fully saturated rings. The Morgan fingerprint density at radius 1 is 1.43 bits per heavy atom. The minimum absolute atomic E-state index is 0.0556. The summed E-state index contributed by atoms with van der Waals surface area (Å²) in [6, 6.07) is 1.73. The molecule has 2 aromatic rings. The van der Waals surface area contributed by atoms with Crippen LogP contribution in [0, 0.1) is 0 Å². The zero-order valence-electron chi connectivity index (χ0n) is 12.0. The van der Waals surface area contributed by atoms with Crippen LogP contribution < -0.4 is 5.73 Å². The maximum Gasteiger partial charge on any atom is 0.419 e. The number of pyridine rings is 1. The van der Waals surface area contributed by atoms with E-state index in [0.717, 1.165) is 9.86 Å². The van der Waals surface area contributed by atoms with Crippen molar-refractivity contribution in [3.8, 4) is 0 Å². The molecule has 0 aliphatic rings. The van der Waals surface area contributed by atoms with Gasteiger partial charge in [0, 0.05) is 16.1 Å². The van der Waals surface area contributed by atoms with Gasteiger partial charge in [-0.15, -0.1) is 0 Å². The first kappa shape index (κ1) is 15.5. The molecule has 2 heterocycles. The zero-order valence-corrected chi connectivity index (χ0v) is 13.6. The van der Waals surface area contributed by atoms with Crippen molar-refractivity contribution < 1.29 is 14.3 Å². The Morgan fingerprint density at radius 3 is 2.67 bits per heavy atom. The van der Waals surface area contributed by atoms with Gasteiger partial charge in [-0.2, -0.15) is 0 Å². The number of ether oxygens (including phenoxy) is 1. The van der Waals surface area contributed by atoms with Crippen LogP contribution in [0.1, 0.15) is 26.5 Å². The second-order valence-corrected chi connectivity index (χ2v) is 6.52. The molecular formula is C14H16BrN3O3. The van der Waals surface area contributed by atoms with E-state index in [4.69, 9.17) is 10.5 Å². The molecule has 2 aromatic heterocycles. The number of fused-ring (bicyclic) bond motifs is 1. The lowest BCUT2D eigenvalue weighted by Gasteiger charge is -2.19. The number of hydrogen-bond acceptors (Lipinski definition) is 4. The van der Waals surface area contributed by atoms with E-state index in [-0.39, 0.29) is 6.42 Å². The van der Waals surface area contributed by atoms with Gasteiger partial charge in [0.25, 0.3) is 0 Å². The highest BCUT2D eigenvalue weighted by Gasteiger charge is 2.20. The number of halogens is 1. The fourth-order valence-corrected chi connectivity index (χ4v) is 2.39. The van der Waals surface area contributed by atoms with Gasteiger partial charge in [0.2, 0.25) is 5.91 Å². The molecule has 0 atom stereocenters. The number of hydrogen-bond donors (Lipinski definition) is 1. The third-order valence-corrected chi connectivity index (χ3v) is 3.28. The van der Waals surface area contributed by atoms with Crippen LogP contribution in [0.3, 0.4) is 0 Å². The molecule has 0 unspecified atom stereocenters. The van der Waals surface area contributed by atoms with E-state index in [1.54, 1.807) is 33.0 Å². The van der Waals surface area contributed by atoms with Crippen LogP contribution in [0.2, 0.25) is 0 Å². The maximum absolute atomic E-state index is 12.2. The first-order valence-electron chi connectivity index (χ1n) is 6.34. The van der Waals surface area contributed by atoms with E-state index in [2.05, 4.69) is 20.9 Å². The molecule has 0 radical (unpaired) electrons. The number of amides is 1. The summed E-state index contributed by atoms with van der Waals surface area (Å²) in [5.41, 5.74) is 5.73. The lowest BCUT2D eigenvalue weighted by Crippen LogP contribution is -2.26. The summed E-state index contributed by atoms with van der Waals surface area (Å²) in [5.74, 6) is -0.454. The number of aromatic nitrogens is 2. The van der Waals surface area contributed by atoms with Gasteiger partial charge in [-0.25, -0.2) is 9.36 Å². The Bertz CT molecular complexity index is 716. The van der Waals surface area contributed by atoms with Gasteiger partial charge in [-0.05, 0) is 42.8 Å². The van der Waals surface area contributed by atoms with Crippen LogP contribution in [0.25, 0.3) is 10.9 Å². The van der Waals surface area contributed by atoms with Crippen LogP contribution in [-0.4, -0.2) is 27.2 Å². The summed E-state index contributed by atoms with van der Waals surface area (Å²) in [4.78, 5) is 27.3. The highest BCUT2D eigenvalue weighted by atomic mass is 79.9. The van der Waals surface area contributed by atoms with Crippen molar-refractivity contribution in [3.05, 3.63) is 28.6 Å². The molecular weight excluding hydrogens is 338 g/mol. The minimum Gasteiger partial charge on any atom is -0.443 e. The summed E-state index contributed by atoms with van der Waals surface area (Å²) in [6.45, 7) is 5.40. The maximum atomic E-state index is 12.2. The number of primary amides is 1. The quantitative estimate of drug-likeness (QED) is 0.898. The van der Waals surface area contributed by atoms with Gasteiger partial charge in [-0.1, -0.05) is 0 Å². The largest absolute Gasteiger partial charge is 0.443 e. The van der Waals surface area contributed by atoms with Crippen LogP contribution in [0.4, 0.5) is 4.79 Å². The second-order valence-electron chi connectivity index (χ2n) is 5.66. The van der Waals surface area contributed by atoms with Gasteiger partial charge >= 0.3 is 6.09 Å². The fourth-order valence-electron chi connectivity index (χ4n) is 1.86. The molecule has 0 aliphatic carbocycles. The second kappa shape index (κ2) is 5.48. The SMILES string of the molecule is CC(C)(C)OC(=O)n1cc(Br)c2cc(CC(N)=O)ncc21. The molecule has 0 spiro atoms. The lowest BCUT2D eigenvalue weighted by molar-refractivity contribution is -0.117.